The van der Waals surface area contributed by atoms with Crippen molar-refractivity contribution in [3.8, 4) is 0 Å². The van der Waals surface area contributed by atoms with Crippen molar-refractivity contribution in [2.75, 3.05) is 6.54 Å². The van der Waals surface area contributed by atoms with Gasteiger partial charge in [-0.25, -0.2) is 4.39 Å². The first-order valence-electron chi connectivity index (χ1n) is 5.60. The highest BCUT2D eigenvalue weighted by molar-refractivity contribution is 9.10. The highest BCUT2D eigenvalue weighted by atomic mass is 79.9. The number of halogens is 2. The fraction of sp³-hybridized carbons (Fsp3) is 0.143. The molecular formula is C14H13BrFNS. The van der Waals surface area contributed by atoms with Crippen molar-refractivity contribution in [2.24, 2.45) is 5.73 Å². The van der Waals surface area contributed by atoms with Crippen LogP contribution in [0.1, 0.15) is 5.56 Å². The fourth-order valence-corrected chi connectivity index (χ4v) is 2.82. The Morgan fingerprint density at radius 3 is 2.44 bits per heavy atom. The Balaban J connectivity index is 2.20. The SMILES string of the molecule is NCCc1cc(F)cc(Sc2ccc(Br)cc2)c1. The van der Waals surface area contributed by atoms with Gasteiger partial charge < -0.3 is 5.73 Å². The van der Waals surface area contributed by atoms with Crippen LogP contribution in [0.3, 0.4) is 0 Å². The average Bonchev–Trinajstić information content (AvgIpc) is 2.32. The van der Waals surface area contributed by atoms with Gasteiger partial charge in [0.25, 0.3) is 0 Å². The van der Waals surface area contributed by atoms with E-state index >= 15 is 0 Å². The van der Waals surface area contributed by atoms with E-state index in [-0.39, 0.29) is 5.82 Å². The zero-order valence-corrected chi connectivity index (χ0v) is 12.1. The van der Waals surface area contributed by atoms with Crippen molar-refractivity contribution in [3.63, 3.8) is 0 Å². The first-order valence-corrected chi connectivity index (χ1v) is 7.21. The summed E-state index contributed by atoms with van der Waals surface area (Å²) in [6, 6.07) is 13.0. The van der Waals surface area contributed by atoms with Gasteiger partial charge in [0.2, 0.25) is 0 Å². The Labute approximate surface area is 119 Å². The van der Waals surface area contributed by atoms with E-state index in [4.69, 9.17) is 5.73 Å². The molecule has 0 saturated heterocycles. The third-order valence-electron chi connectivity index (χ3n) is 2.41. The van der Waals surface area contributed by atoms with Gasteiger partial charge in [-0.2, -0.15) is 0 Å². The van der Waals surface area contributed by atoms with Crippen molar-refractivity contribution >= 4 is 27.7 Å². The van der Waals surface area contributed by atoms with Crippen LogP contribution in [0.15, 0.2) is 56.7 Å². The maximum Gasteiger partial charge on any atom is 0.124 e. The van der Waals surface area contributed by atoms with E-state index < -0.39 is 0 Å². The summed E-state index contributed by atoms with van der Waals surface area (Å²) < 4.78 is 14.5. The molecule has 0 aliphatic heterocycles. The van der Waals surface area contributed by atoms with Crippen LogP contribution in [-0.2, 0) is 6.42 Å². The van der Waals surface area contributed by atoms with Gasteiger partial charge in [0, 0.05) is 14.3 Å². The smallest absolute Gasteiger partial charge is 0.124 e. The minimum absolute atomic E-state index is 0.208. The summed E-state index contributed by atoms with van der Waals surface area (Å²) >= 11 is 4.94. The number of hydrogen-bond donors (Lipinski definition) is 1. The predicted octanol–water partition coefficient (Wildman–Crippen LogP) is 4.24. The molecule has 18 heavy (non-hydrogen) atoms. The van der Waals surface area contributed by atoms with Gasteiger partial charge in [-0.05, 0) is 61.0 Å². The largest absolute Gasteiger partial charge is 0.330 e. The molecule has 4 heteroatoms. The molecule has 0 heterocycles. The third-order valence-corrected chi connectivity index (χ3v) is 3.92. The van der Waals surface area contributed by atoms with Crippen molar-refractivity contribution in [3.05, 3.63) is 58.3 Å². The van der Waals surface area contributed by atoms with E-state index in [2.05, 4.69) is 15.9 Å². The topological polar surface area (TPSA) is 26.0 Å². The quantitative estimate of drug-likeness (QED) is 0.909. The summed E-state index contributed by atoms with van der Waals surface area (Å²) in [5.41, 5.74) is 6.44. The zero-order valence-electron chi connectivity index (χ0n) is 9.70. The molecular weight excluding hydrogens is 313 g/mol. The molecule has 0 saturated carbocycles. The minimum atomic E-state index is -0.208. The molecule has 0 bridgehead atoms. The molecule has 0 amide bonds. The fourth-order valence-electron chi connectivity index (χ4n) is 1.63. The lowest BCUT2D eigenvalue weighted by Crippen LogP contribution is -2.02. The molecule has 1 nitrogen and oxygen atoms in total. The molecule has 0 atom stereocenters. The molecule has 0 aromatic heterocycles. The van der Waals surface area contributed by atoms with Crippen molar-refractivity contribution < 1.29 is 4.39 Å². The van der Waals surface area contributed by atoms with Gasteiger partial charge >= 0.3 is 0 Å². The maximum absolute atomic E-state index is 13.5. The first kappa shape index (κ1) is 13.6. The van der Waals surface area contributed by atoms with Gasteiger partial charge in [-0.3, -0.25) is 0 Å². The van der Waals surface area contributed by atoms with E-state index in [0.29, 0.717) is 13.0 Å². The van der Waals surface area contributed by atoms with Crippen LogP contribution in [0.4, 0.5) is 4.39 Å². The van der Waals surface area contributed by atoms with Crippen LogP contribution in [0.25, 0.3) is 0 Å². The van der Waals surface area contributed by atoms with E-state index in [1.54, 1.807) is 23.9 Å². The molecule has 0 unspecified atom stereocenters. The van der Waals surface area contributed by atoms with Crippen LogP contribution < -0.4 is 5.73 Å². The molecule has 2 rings (SSSR count). The van der Waals surface area contributed by atoms with Crippen LogP contribution in [0.2, 0.25) is 0 Å². The molecule has 94 valence electrons. The second kappa shape index (κ2) is 6.36. The van der Waals surface area contributed by atoms with Gasteiger partial charge in [-0.15, -0.1) is 0 Å². The molecule has 0 fully saturated rings. The van der Waals surface area contributed by atoms with Crippen molar-refractivity contribution in [2.45, 2.75) is 16.2 Å². The highest BCUT2D eigenvalue weighted by Crippen LogP contribution is 2.30. The zero-order chi connectivity index (χ0) is 13.0. The number of rotatable bonds is 4. The normalized spacial score (nSPS) is 10.6. The van der Waals surface area contributed by atoms with Gasteiger partial charge in [0.1, 0.15) is 5.82 Å². The number of nitrogens with two attached hydrogens (primary N) is 1. The first-order chi connectivity index (χ1) is 8.67. The summed E-state index contributed by atoms with van der Waals surface area (Å²) in [5, 5.41) is 0. The van der Waals surface area contributed by atoms with E-state index in [9.17, 15) is 4.39 Å². The summed E-state index contributed by atoms with van der Waals surface area (Å²) in [4.78, 5) is 1.99. The molecule has 0 spiro atoms. The Kier molecular flexibility index (Phi) is 4.80. The Morgan fingerprint density at radius 2 is 1.78 bits per heavy atom. The second-order valence-electron chi connectivity index (χ2n) is 3.89. The Hall–Kier alpha value is -0.840. The second-order valence-corrected chi connectivity index (χ2v) is 5.95. The van der Waals surface area contributed by atoms with Crippen molar-refractivity contribution in [1.29, 1.82) is 0 Å². The Bertz CT molecular complexity index is 528. The molecule has 2 aromatic carbocycles. The minimum Gasteiger partial charge on any atom is -0.330 e. The lowest BCUT2D eigenvalue weighted by atomic mass is 10.1. The van der Waals surface area contributed by atoms with Crippen LogP contribution in [-0.4, -0.2) is 6.54 Å². The summed E-state index contributed by atoms with van der Waals surface area (Å²) in [6.45, 7) is 0.534. The van der Waals surface area contributed by atoms with Crippen LogP contribution in [0.5, 0.6) is 0 Å². The predicted molar refractivity (Wildman–Crippen MR) is 77.4 cm³/mol. The lowest BCUT2D eigenvalue weighted by molar-refractivity contribution is 0.621. The Morgan fingerprint density at radius 1 is 1.06 bits per heavy atom. The van der Waals surface area contributed by atoms with Gasteiger partial charge in [0.15, 0.2) is 0 Å². The number of hydrogen-bond acceptors (Lipinski definition) is 2. The van der Waals surface area contributed by atoms with E-state index in [1.165, 1.54) is 0 Å². The lowest BCUT2D eigenvalue weighted by Gasteiger charge is -2.05. The van der Waals surface area contributed by atoms with Gasteiger partial charge in [-0.1, -0.05) is 27.7 Å². The van der Waals surface area contributed by atoms with Crippen LogP contribution in [0, 0.1) is 5.82 Å². The van der Waals surface area contributed by atoms with Crippen LogP contribution >= 0.6 is 27.7 Å². The standard InChI is InChI=1S/C14H13BrFNS/c15-11-1-3-13(4-2-11)18-14-8-10(5-6-17)7-12(16)9-14/h1-4,7-9H,5-6,17H2. The molecule has 2 N–H and O–H groups in total. The monoisotopic (exact) mass is 325 g/mol. The number of benzene rings is 2. The summed E-state index contributed by atoms with van der Waals surface area (Å²) in [5.74, 6) is -0.208. The van der Waals surface area contributed by atoms with Gasteiger partial charge in [0.05, 0.1) is 0 Å². The third kappa shape index (κ3) is 3.83. The van der Waals surface area contributed by atoms with E-state index in [1.807, 2.05) is 30.3 Å². The highest BCUT2D eigenvalue weighted by Gasteiger charge is 2.03. The molecule has 0 radical (unpaired) electrons. The molecule has 0 aliphatic rings. The summed E-state index contributed by atoms with van der Waals surface area (Å²) in [7, 11) is 0. The molecule has 2 aromatic rings. The summed E-state index contributed by atoms with van der Waals surface area (Å²) in [6.07, 6.45) is 0.700. The van der Waals surface area contributed by atoms with E-state index in [0.717, 1.165) is 19.8 Å². The van der Waals surface area contributed by atoms with Crippen molar-refractivity contribution in [1.82, 2.24) is 0 Å². The maximum atomic E-state index is 13.5. The molecule has 0 aliphatic carbocycles. The average molecular weight is 326 g/mol.